The smallest absolute Gasteiger partial charge is 0.207 e. The minimum Gasteiger partial charge on any atom is -0.384 e. The van der Waals surface area contributed by atoms with Gasteiger partial charge < -0.3 is 16.4 Å². The third-order valence-corrected chi connectivity index (χ3v) is 5.75. The van der Waals surface area contributed by atoms with Crippen molar-refractivity contribution in [3.05, 3.63) is 107 Å². The standard InChI is InChI=1S/C20H19N5.C9H10FNO/c1-13-8-19(22)23-12-18(13)17-5-3-15(4-6-17)10-24-20-14(2)7-16(9-21)11-25-20;1-7(11-6-12)8-2-4-9(10)5-3-8/h3-8,11-12H,10H2,1-2H3,(H2,22,23)(H,24,25);2-7H,1H3,(H,11,12)/t;7-/m.0/s1. The first-order chi connectivity index (χ1) is 17.8. The van der Waals surface area contributed by atoms with Crippen LogP contribution in [0.15, 0.2) is 73.1 Å². The molecule has 4 rings (SSSR count). The van der Waals surface area contributed by atoms with Gasteiger partial charge in [-0.1, -0.05) is 36.4 Å². The summed E-state index contributed by atoms with van der Waals surface area (Å²) in [6, 6.07) is 20.1. The summed E-state index contributed by atoms with van der Waals surface area (Å²) < 4.78 is 12.4. The van der Waals surface area contributed by atoms with Crippen molar-refractivity contribution in [2.75, 3.05) is 11.1 Å². The molecule has 7 nitrogen and oxygen atoms in total. The molecule has 0 aliphatic rings. The second-order valence-electron chi connectivity index (χ2n) is 8.53. The Bertz CT molecular complexity index is 1380. The maximum Gasteiger partial charge on any atom is 0.207 e. The van der Waals surface area contributed by atoms with Gasteiger partial charge in [-0.05, 0) is 72.9 Å². The van der Waals surface area contributed by atoms with E-state index < -0.39 is 0 Å². The van der Waals surface area contributed by atoms with E-state index in [9.17, 15) is 9.18 Å². The third-order valence-electron chi connectivity index (χ3n) is 5.75. The third kappa shape index (κ3) is 7.61. The van der Waals surface area contributed by atoms with E-state index in [1.807, 2.05) is 39.1 Å². The van der Waals surface area contributed by atoms with E-state index in [1.165, 1.54) is 12.1 Å². The van der Waals surface area contributed by atoms with Gasteiger partial charge in [0.2, 0.25) is 6.41 Å². The lowest BCUT2D eigenvalue weighted by Crippen LogP contribution is -2.15. The maximum atomic E-state index is 12.4. The van der Waals surface area contributed by atoms with Gasteiger partial charge in [-0.2, -0.15) is 5.26 Å². The predicted molar refractivity (Wildman–Crippen MR) is 144 cm³/mol. The zero-order valence-corrected chi connectivity index (χ0v) is 21.0. The normalized spacial score (nSPS) is 10.9. The van der Waals surface area contributed by atoms with Gasteiger partial charge in [0.05, 0.1) is 11.6 Å². The number of nitrogens with two attached hydrogens (primary N) is 1. The number of nitriles is 1. The highest BCUT2D eigenvalue weighted by molar-refractivity contribution is 5.67. The van der Waals surface area contributed by atoms with Gasteiger partial charge in [0, 0.05) is 24.5 Å². The Kier molecular flexibility index (Phi) is 9.28. The minimum absolute atomic E-state index is 0.0666. The molecule has 0 radical (unpaired) electrons. The number of pyridine rings is 2. The lowest BCUT2D eigenvalue weighted by molar-refractivity contribution is -0.110. The highest BCUT2D eigenvalue weighted by atomic mass is 19.1. The fourth-order valence-corrected chi connectivity index (χ4v) is 3.64. The van der Waals surface area contributed by atoms with Crippen molar-refractivity contribution in [3.8, 4) is 17.2 Å². The number of nitrogens with zero attached hydrogens (tertiary/aromatic N) is 3. The molecule has 2 heterocycles. The van der Waals surface area contributed by atoms with Crippen molar-refractivity contribution in [1.82, 2.24) is 15.3 Å². The lowest BCUT2D eigenvalue weighted by Gasteiger charge is -2.10. The summed E-state index contributed by atoms with van der Waals surface area (Å²) in [5, 5.41) is 14.8. The Morgan fingerprint density at radius 3 is 2.32 bits per heavy atom. The minimum atomic E-state index is -0.267. The lowest BCUT2D eigenvalue weighted by atomic mass is 10.0. The molecule has 0 bridgehead atoms. The van der Waals surface area contributed by atoms with E-state index in [4.69, 9.17) is 11.0 Å². The number of amides is 1. The highest BCUT2D eigenvalue weighted by Gasteiger charge is 2.05. The molecule has 0 aliphatic carbocycles. The SMILES string of the molecule is C[C@H](NC=O)c1ccc(F)cc1.Cc1cc(N)ncc1-c1ccc(CNc2ncc(C#N)cc2C)cc1. The molecule has 8 heteroatoms. The quantitative estimate of drug-likeness (QED) is 0.293. The first-order valence-corrected chi connectivity index (χ1v) is 11.7. The van der Waals surface area contributed by atoms with Crippen LogP contribution < -0.4 is 16.4 Å². The van der Waals surface area contributed by atoms with Crippen molar-refractivity contribution in [1.29, 1.82) is 5.26 Å². The zero-order valence-electron chi connectivity index (χ0n) is 21.0. The molecule has 4 N–H and O–H groups in total. The number of aryl methyl sites for hydroxylation is 2. The van der Waals surface area contributed by atoms with Crippen LogP contribution in [0.1, 0.15) is 40.8 Å². The molecule has 0 fully saturated rings. The number of carbonyl (C=O) groups excluding carboxylic acids is 1. The van der Waals surface area contributed by atoms with Crippen LogP contribution in [0.3, 0.4) is 0 Å². The molecular formula is C29H29FN6O. The fraction of sp³-hybridized carbons (Fsp3) is 0.172. The number of anilines is 2. The Balaban J connectivity index is 0.000000266. The molecule has 37 heavy (non-hydrogen) atoms. The van der Waals surface area contributed by atoms with Crippen molar-refractivity contribution in [2.45, 2.75) is 33.4 Å². The van der Waals surface area contributed by atoms with E-state index in [1.54, 1.807) is 18.3 Å². The first-order valence-electron chi connectivity index (χ1n) is 11.7. The van der Waals surface area contributed by atoms with Gasteiger partial charge >= 0.3 is 0 Å². The number of rotatable bonds is 7. The van der Waals surface area contributed by atoms with Crippen molar-refractivity contribution >= 4 is 18.0 Å². The van der Waals surface area contributed by atoms with Gasteiger partial charge in [-0.25, -0.2) is 14.4 Å². The summed E-state index contributed by atoms with van der Waals surface area (Å²) in [5.74, 6) is 1.06. The second kappa shape index (κ2) is 12.8. The molecule has 2 aromatic heterocycles. The Hall–Kier alpha value is -4.77. The number of aromatic nitrogens is 2. The number of nitrogen functional groups attached to an aromatic ring is 1. The summed E-state index contributed by atoms with van der Waals surface area (Å²) in [6.07, 6.45) is 4.02. The highest BCUT2D eigenvalue weighted by Crippen LogP contribution is 2.24. The predicted octanol–water partition coefficient (Wildman–Crippen LogP) is 5.46. The van der Waals surface area contributed by atoms with Gasteiger partial charge in [0.1, 0.15) is 23.5 Å². The van der Waals surface area contributed by atoms with Crippen LogP contribution in [-0.4, -0.2) is 16.4 Å². The molecule has 0 unspecified atom stereocenters. The number of halogens is 1. The summed E-state index contributed by atoms with van der Waals surface area (Å²) in [7, 11) is 0. The average molecular weight is 497 g/mol. The first kappa shape index (κ1) is 26.8. The fourth-order valence-electron chi connectivity index (χ4n) is 3.64. The summed E-state index contributed by atoms with van der Waals surface area (Å²) in [4.78, 5) is 18.5. The number of hydrogen-bond donors (Lipinski definition) is 3. The number of hydrogen-bond acceptors (Lipinski definition) is 6. The summed E-state index contributed by atoms with van der Waals surface area (Å²) in [5.41, 5.74) is 12.6. The molecule has 188 valence electrons. The van der Waals surface area contributed by atoms with Crippen LogP contribution in [0.2, 0.25) is 0 Å². The van der Waals surface area contributed by atoms with Gasteiger partial charge in [-0.15, -0.1) is 0 Å². The van der Waals surface area contributed by atoms with Crippen LogP contribution in [0.4, 0.5) is 16.0 Å². The van der Waals surface area contributed by atoms with Crippen molar-refractivity contribution in [2.24, 2.45) is 0 Å². The number of nitrogens with one attached hydrogen (secondary N) is 2. The van der Waals surface area contributed by atoms with Crippen LogP contribution in [0, 0.1) is 31.0 Å². The molecule has 4 aromatic rings. The van der Waals surface area contributed by atoms with Crippen LogP contribution in [0.25, 0.3) is 11.1 Å². The van der Waals surface area contributed by atoms with Crippen LogP contribution >= 0.6 is 0 Å². The molecule has 0 saturated heterocycles. The maximum absolute atomic E-state index is 12.4. The number of carbonyl (C=O) groups is 1. The largest absolute Gasteiger partial charge is 0.384 e. The van der Waals surface area contributed by atoms with E-state index in [-0.39, 0.29) is 11.9 Å². The average Bonchev–Trinajstić information content (AvgIpc) is 2.89. The van der Waals surface area contributed by atoms with E-state index in [0.717, 1.165) is 39.2 Å². The summed E-state index contributed by atoms with van der Waals surface area (Å²) in [6.45, 7) is 6.47. The van der Waals surface area contributed by atoms with E-state index >= 15 is 0 Å². The van der Waals surface area contributed by atoms with Gasteiger partial charge in [-0.3, -0.25) is 4.79 Å². The van der Waals surface area contributed by atoms with Crippen molar-refractivity contribution < 1.29 is 9.18 Å². The second-order valence-corrected chi connectivity index (χ2v) is 8.53. The molecule has 0 saturated carbocycles. The van der Waals surface area contributed by atoms with Crippen LogP contribution in [0.5, 0.6) is 0 Å². The molecule has 0 spiro atoms. The van der Waals surface area contributed by atoms with Crippen molar-refractivity contribution in [3.63, 3.8) is 0 Å². The monoisotopic (exact) mass is 496 g/mol. The molecule has 1 atom stereocenters. The van der Waals surface area contributed by atoms with E-state index in [0.29, 0.717) is 24.3 Å². The summed E-state index contributed by atoms with van der Waals surface area (Å²) >= 11 is 0. The topological polar surface area (TPSA) is 117 Å². The molecule has 1 amide bonds. The van der Waals surface area contributed by atoms with Gasteiger partial charge in [0.15, 0.2) is 0 Å². The van der Waals surface area contributed by atoms with Crippen LogP contribution in [-0.2, 0) is 11.3 Å². The molecule has 0 aliphatic heterocycles. The Morgan fingerprint density at radius 1 is 1.03 bits per heavy atom. The zero-order chi connectivity index (χ0) is 26.8. The number of benzene rings is 2. The Labute approximate surface area is 216 Å². The molecule has 2 aromatic carbocycles. The Morgan fingerprint density at radius 2 is 1.73 bits per heavy atom. The van der Waals surface area contributed by atoms with E-state index in [2.05, 4.69) is 50.9 Å². The molecular weight excluding hydrogens is 467 g/mol. The van der Waals surface area contributed by atoms with Gasteiger partial charge in [0.25, 0.3) is 0 Å².